The molecule has 138 valence electrons. The van der Waals surface area contributed by atoms with E-state index in [1.807, 2.05) is 0 Å². The summed E-state index contributed by atoms with van der Waals surface area (Å²) in [5.41, 5.74) is 0.0112. The number of aliphatic hydroxyl groups is 3. The summed E-state index contributed by atoms with van der Waals surface area (Å²) in [6.07, 6.45) is -0.0879. The number of likely N-dealkylation sites (tertiary alicyclic amines) is 1. The Bertz CT molecular complexity index is 679. The number of aromatic nitrogens is 2. The lowest BCUT2D eigenvalue weighted by atomic mass is 10.1. The van der Waals surface area contributed by atoms with Gasteiger partial charge in [-0.15, -0.1) is 0 Å². The number of nitrogens with zero attached hydrogens (tertiary/aromatic N) is 3. The fourth-order valence-corrected chi connectivity index (χ4v) is 3.83. The van der Waals surface area contributed by atoms with Crippen LogP contribution in [0.4, 0.5) is 11.5 Å². The molecule has 0 aromatic carbocycles. The zero-order valence-electron chi connectivity index (χ0n) is 13.7. The minimum Gasteiger partial charge on any atom is -0.394 e. The van der Waals surface area contributed by atoms with Crippen LogP contribution in [0.15, 0.2) is 11.1 Å². The first kappa shape index (κ1) is 16.7. The molecule has 0 radical (unpaired) electrons. The summed E-state index contributed by atoms with van der Waals surface area (Å²) < 4.78 is 5.69. The largest absolute Gasteiger partial charge is 0.394 e. The number of nitrogens with one attached hydrogen (secondary N) is 2. The van der Waals surface area contributed by atoms with Gasteiger partial charge in [0.15, 0.2) is 18.3 Å². The third-order valence-electron chi connectivity index (χ3n) is 5.14. The van der Waals surface area contributed by atoms with Gasteiger partial charge in [-0.2, -0.15) is 0 Å². The smallest absolute Gasteiger partial charge is 0.276 e. The van der Waals surface area contributed by atoms with Crippen molar-refractivity contribution in [1.82, 2.24) is 14.9 Å². The quantitative estimate of drug-likeness (QED) is 0.427. The highest BCUT2D eigenvalue weighted by molar-refractivity contribution is 5.71. The van der Waals surface area contributed by atoms with Gasteiger partial charge in [0.25, 0.3) is 5.56 Å². The van der Waals surface area contributed by atoms with Crippen molar-refractivity contribution in [3.05, 3.63) is 16.7 Å². The second-order valence-corrected chi connectivity index (χ2v) is 6.68. The molecule has 3 aliphatic heterocycles. The Morgan fingerprint density at radius 2 is 2.00 bits per heavy atom. The van der Waals surface area contributed by atoms with Gasteiger partial charge in [0.1, 0.15) is 24.0 Å². The standard InChI is InChI=1S/C15H23N5O5/c21-6-8-10(22)11(23)14(25-8)20-12-9(13(24)17-7-16-12)18-15(20)19-4-2-1-3-5-19/h7-8,10-11,14-15,18,21-23H,1-6H2,(H,16,17,24)/t8-,10+,11+,14-,15+/m0/s1. The predicted octanol–water partition coefficient (Wildman–Crippen LogP) is -1.79. The second kappa shape index (κ2) is 6.54. The molecule has 0 aliphatic carbocycles. The van der Waals surface area contributed by atoms with E-state index in [0.717, 1.165) is 32.4 Å². The Balaban J connectivity index is 1.71. The fraction of sp³-hybridized carbons (Fsp3) is 0.733. The van der Waals surface area contributed by atoms with Crippen LogP contribution in [0.1, 0.15) is 19.3 Å². The summed E-state index contributed by atoms with van der Waals surface area (Å²) in [7, 11) is 0. The van der Waals surface area contributed by atoms with Crippen molar-refractivity contribution >= 4 is 11.5 Å². The van der Waals surface area contributed by atoms with E-state index in [9.17, 15) is 20.1 Å². The zero-order chi connectivity index (χ0) is 17.6. The summed E-state index contributed by atoms with van der Waals surface area (Å²) in [5, 5.41) is 33.1. The zero-order valence-corrected chi connectivity index (χ0v) is 13.7. The molecule has 0 unspecified atom stereocenters. The highest BCUT2D eigenvalue weighted by atomic mass is 16.6. The Morgan fingerprint density at radius 1 is 1.24 bits per heavy atom. The van der Waals surface area contributed by atoms with Crippen LogP contribution in [0.2, 0.25) is 0 Å². The van der Waals surface area contributed by atoms with Crippen molar-refractivity contribution in [2.75, 3.05) is 29.9 Å². The Morgan fingerprint density at radius 3 is 2.68 bits per heavy atom. The highest BCUT2D eigenvalue weighted by Crippen LogP contribution is 2.37. The number of aromatic amines is 1. The van der Waals surface area contributed by atoms with Crippen LogP contribution in [0.3, 0.4) is 0 Å². The molecular formula is C15H23N5O5. The van der Waals surface area contributed by atoms with Crippen LogP contribution in [-0.2, 0) is 4.74 Å². The van der Waals surface area contributed by atoms with E-state index in [-0.39, 0.29) is 5.56 Å². The van der Waals surface area contributed by atoms with Crippen molar-refractivity contribution in [3.63, 3.8) is 0 Å². The lowest BCUT2D eigenvalue weighted by molar-refractivity contribution is -0.0294. The number of hydrogen-bond acceptors (Lipinski definition) is 9. The van der Waals surface area contributed by atoms with E-state index >= 15 is 0 Å². The Hall–Kier alpha value is -1.72. The van der Waals surface area contributed by atoms with Gasteiger partial charge in [-0.25, -0.2) is 4.98 Å². The molecule has 2 fully saturated rings. The monoisotopic (exact) mass is 353 g/mol. The summed E-state index contributed by atoms with van der Waals surface area (Å²) in [5.74, 6) is 0.370. The number of piperidine rings is 1. The van der Waals surface area contributed by atoms with Gasteiger partial charge in [-0.3, -0.25) is 14.6 Å². The SMILES string of the molecule is O=c1[nH]cnc2c1N[C@H](N1CCCCC1)N2[C@H]1O[C@@H](CO)[C@@H](O)[C@H]1O. The van der Waals surface area contributed by atoms with Crippen LogP contribution < -0.4 is 15.8 Å². The van der Waals surface area contributed by atoms with Gasteiger partial charge in [0.05, 0.1) is 12.9 Å². The maximum Gasteiger partial charge on any atom is 0.276 e. The maximum atomic E-state index is 12.2. The van der Waals surface area contributed by atoms with E-state index in [2.05, 4.69) is 20.2 Å². The molecule has 10 nitrogen and oxygen atoms in total. The lowest BCUT2D eigenvalue weighted by Gasteiger charge is -2.40. The van der Waals surface area contributed by atoms with Crippen molar-refractivity contribution < 1.29 is 20.1 Å². The number of fused-ring (bicyclic) bond motifs is 1. The molecule has 2 saturated heterocycles. The van der Waals surface area contributed by atoms with E-state index in [0.29, 0.717) is 11.5 Å². The summed E-state index contributed by atoms with van der Waals surface area (Å²) in [6.45, 7) is 1.28. The number of anilines is 2. The molecule has 25 heavy (non-hydrogen) atoms. The first-order chi connectivity index (χ1) is 12.1. The molecule has 0 spiro atoms. The third-order valence-corrected chi connectivity index (χ3v) is 5.14. The van der Waals surface area contributed by atoms with Crippen LogP contribution in [-0.4, -0.2) is 80.7 Å². The highest BCUT2D eigenvalue weighted by Gasteiger charge is 2.51. The molecule has 10 heteroatoms. The normalized spacial score (nSPS) is 35.6. The van der Waals surface area contributed by atoms with Crippen LogP contribution >= 0.6 is 0 Å². The number of aliphatic hydroxyl groups excluding tert-OH is 3. The van der Waals surface area contributed by atoms with Gasteiger partial charge in [0, 0.05) is 13.1 Å². The Labute approximate surface area is 144 Å². The second-order valence-electron chi connectivity index (χ2n) is 6.68. The van der Waals surface area contributed by atoms with Crippen LogP contribution in [0.5, 0.6) is 0 Å². The van der Waals surface area contributed by atoms with Crippen molar-refractivity contribution in [2.45, 2.75) is 50.1 Å². The fourth-order valence-electron chi connectivity index (χ4n) is 3.83. The topological polar surface area (TPSA) is 134 Å². The molecule has 4 heterocycles. The minimum absolute atomic E-state index is 0.304. The van der Waals surface area contributed by atoms with Crippen molar-refractivity contribution in [1.29, 1.82) is 0 Å². The molecule has 1 aromatic heterocycles. The number of ether oxygens (including phenoxy) is 1. The summed E-state index contributed by atoms with van der Waals surface area (Å²) in [6, 6.07) is 0. The van der Waals surface area contributed by atoms with E-state index in [4.69, 9.17) is 4.74 Å². The Kier molecular flexibility index (Phi) is 4.38. The first-order valence-corrected chi connectivity index (χ1v) is 8.61. The van der Waals surface area contributed by atoms with E-state index in [1.54, 1.807) is 4.90 Å². The lowest BCUT2D eigenvalue weighted by Crippen LogP contribution is -2.58. The van der Waals surface area contributed by atoms with Crippen LogP contribution in [0.25, 0.3) is 0 Å². The number of hydrogen-bond donors (Lipinski definition) is 5. The molecule has 0 saturated carbocycles. The summed E-state index contributed by atoms with van der Waals surface area (Å²) >= 11 is 0. The minimum atomic E-state index is -1.22. The van der Waals surface area contributed by atoms with E-state index in [1.165, 1.54) is 6.33 Å². The first-order valence-electron chi connectivity index (χ1n) is 8.61. The van der Waals surface area contributed by atoms with Crippen LogP contribution in [0, 0.1) is 0 Å². The molecule has 5 N–H and O–H groups in total. The van der Waals surface area contributed by atoms with Crippen molar-refractivity contribution in [2.24, 2.45) is 0 Å². The third kappa shape index (κ3) is 2.70. The van der Waals surface area contributed by atoms with Gasteiger partial charge < -0.3 is 30.4 Å². The van der Waals surface area contributed by atoms with Gasteiger partial charge in [-0.05, 0) is 12.8 Å². The summed E-state index contributed by atoms with van der Waals surface area (Å²) in [4.78, 5) is 22.8. The number of rotatable bonds is 3. The maximum absolute atomic E-state index is 12.2. The molecule has 0 bridgehead atoms. The molecular weight excluding hydrogens is 330 g/mol. The molecule has 3 aliphatic rings. The molecule has 0 amide bonds. The molecule has 5 atom stereocenters. The molecule has 1 aromatic rings. The average Bonchev–Trinajstić information content (AvgIpc) is 3.15. The van der Waals surface area contributed by atoms with Gasteiger partial charge in [0.2, 0.25) is 0 Å². The number of H-pyrrole nitrogens is 1. The van der Waals surface area contributed by atoms with Gasteiger partial charge in [-0.1, -0.05) is 6.42 Å². The molecule has 4 rings (SSSR count). The van der Waals surface area contributed by atoms with Crippen molar-refractivity contribution in [3.8, 4) is 0 Å². The average molecular weight is 353 g/mol. The van der Waals surface area contributed by atoms with Gasteiger partial charge >= 0.3 is 0 Å². The predicted molar refractivity (Wildman–Crippen MR) is 87.9 cm³/mol. The van der Waals surface area contributed by atoms with E-state index < -0.39 is 37.4 Å².